The third-order valence-corrected chi connectivity index (χ3v) is 7.53. The SMILES string of the molecule is Cc1ccc(S(=O)(=O)c2nc(=NC(=O)c3ccc([N+](=O)[O-])cc3)sn2Cc2ccccc2)cc1. The molecule has 0 unspecified atom stereocenters. The summed E-state index contributed by atoms with van der Waals surface area (Å²) in [6.07, 6.45) is 0. The lowest BCUT2D eigenvalue weighted by molar-refractivity contribution is -0.384. The van der Waals surface area contributed by atoms with E-state index in [4.69, 9.17) is 0 Å². The van der Waals surface area contributed by atoms with Crippen molar-refractivity contribution in [1.82, 2.24) is 8.94 Å². The number of non-ortho nitro benzene ring substituents is 1. The Labute approximate surface area is 198 Å². The molecule has 0 saturated heterocycles. The van der Waals surface area contributed by atoms with Gasteiger partial charge in [0.15, 0.2) is 0 Å². The highest BCUT2D eigenvalue weighted by molar-refractivity contribution is 7.91. The number of aromatic nitrogens is 2. The summed E-state index contributed by atoms with van der Waals surface area (Å²) in [6.45, 7) is 2.08. The quantitative estimate of drug-likeness (QED) is 0.297. The van der Waals surface area contributed by atoms with Crippen LogP contribution in [0.5, 0.6) is 0 Å². The molecule has 1 amide bonds. The first-order chi connectivity index (χ1) is 16.2. The molecule has 0 atom stereocenters. The number of rotatable bonds is 6. The number of benzene rings is 3. The van der Waals surface area contributed by atoms with Crippen molar-refractivity contribution < 1.29 is 18.1 Å². The fraction of sp³-hybridized carbons (Fsp3) is 0.0870. The number of hydrogen-bond acceptors (Lipinski definition) is 7. The van der Waals surface area contributed by atoms with E-state index in [2.05, 4.69) is 9.98 Å². The molecule has 0 radical (unpaired) electrons. The van der Waals surface area contributed by atoms with E-state index in [0.29, 0.717) is 0 Å². The van der Waals surface area contributed by atoms with Gasteiger partial charge in [-0.05, 0) is 48.3 Å². The molecule has 1 aromatic heterocycles. The van der Waals surface area contributed by atoms with Crippen LogP contribution in [0.25, 0.3) is 0 Å². The molecule has 3 aromatic carbocycles. The Morgan fingerprint density at radius 2 is 1.68 bits per heavy atom. The van der Waals surface area contributed by atoms with Crippen LogP contribution >= 0.6 is 11.5 Å². The Bertz CT molecular complexity index is 1520. The lowest BCUT2D eigenvalue weighted by atomic mass is 10.2. The van der Waals surface area contributed by atoms with Gasteiger partial charge in [0.2, 0.25) is 19.8 Å². The van der Waals surface area contributed by atoms with Gasteiger partial charge < -0.3 is 0 Å². The number of nitro benzene ring substituents is 1. The summed E-state index contributed by atoms with van der Waals surface area (Å²) in [6, 6.07) is 20.7. The number of aryl methyl sites for hydroxylation is 1. The van der Waals surface area contributed by atoms with Crippen LogP contribution in [-0.4, -0.2) is 28.2 Å². The lowest BCUT2D eigenvalue weighted by Crippen LogP contribution is -2.12. The number of amides is 1. The molecule has 0 aliphatic rings. The zero-order valence-electron chi connectivity index (χ0n) is 17.9. The summed E-state index contributed by atoms with van der Waals surface area (Å²) in [4.78, 5) is 31.0. The van der Waals surface area contributed by atoms with Crippen molar-refractivity contribution >= 4 is 33.0 Å². The second kappa shape index (κ2) is 9.49. The molecule has 4 rings (SSSR count). The Balaban J connectivity index is 1.77. The smallest absolute Gasteiger partial charge is 0.267 e. The minimum Gasteiger partial charge on any atom is -0.267 e. The molecule has 172 valence electrons. The fourth-order valence-electron chi connectivity index (χ4n) is 3.08. The molecular weight excluding hydrogens is 476 g/mol. The maximum Gasteiger partial charge on any atom is 0.279 e. The molecule has 0 bridgehead atoms. The average Bonchev–Trinajstić information content (AvgIpc) is 3.23. The monoisotopic (exact) mass is 494 g/mol. The fourth-order valence-corrected chi connectivity index (χ4v) is 5.57. The van der Waals surface area contributed by atoms with E-state index < -0.39 is 20.7 Å². The van der Waals surface area contributed by atoms with Gasteiger partial charge in [-0.15, -0.1) is 0 Å². The van der Waals surface area contributed by atoms with Gasteiger partial charge in [0, 0.05) is 17.7 Å². The highest BCUT2D eigenvalue weighted by atomic mass is 32.2. The van der Waals surface area contributed by atoms with Crippen LogP contribution < -0.4 is 4.80 Å². The second-order valence-corrected chi connectivity index (χ2v) is 10.2. The predicted octanol–water partition coefficient (Wildman–Crippen LogP) is 3.78. The van der Waals surface area contributed by atoms with Crippen LogP contribution in [-0.2, 0) is 16.4 Å². The Morgan fingerprint density at radius 3 is 2.29 bits per heavy atom. The topological polar surface area (TPSA) is 125 Å². The maximum absolute atomic E-state index is 13.4. The summed E-state index contributed by atoms with van der Waals surface area (Å²) in [5.74, 6) is -0.685. The van der Waals surface area contributed by atoms with Crippen molar-refractivity contribution in [1.29, 1.82) is 0 Å². The van der Waals surface area contributed by atoms with Crippen LogP contribution in [0.15, 0.2) is 93.9 Å². The van der Waals surface area contributed by atoms with Crippen molar-refractivity contribution in [3.8, 4) is 0 Å². The number of carbonyl (C=O) groups excluding carboxylic acids is 1. The molecule has 9 nitrogen and oxygen atoms in total. The minimum absolute atomic E-state index is 0.0371. The third kappa shape index (κ3) is 5.00. The van der Waals surface area contributed by atoms with Crippen LogP contribution in [0.1, 0.15) is 21.5 Å². The molecule has 4 aromatic rings. The van der Waals surface area contributed by atoms with Gasteiger partial charge in [-0.25, -0.2) is 8.42 Å². The Morgan fingerprint density at radius 1 is 1.03 bits per heavy atom. The highest BCUT2D eigenvalue weighted by Crippen LogP contribution is 2.21. The summed E-state index contributed by atoms with van der Waals surface area (Å²) in [7, 11) is -3.99. The highest BCUT2D eigenvalue weighted by Gasteiger charge is 2.25. The minimum atomic E-state index is -3.99. The van der Waals surface area contributed by atoms with Crippen molar-refractivity contribution in [3.63, 3.8) is 0 Å². The van der Waals surface area contributed by atoms with Gasteiger partial charge in [-0.1, -0.05) is 48.0 Å². The van der Waals surface area contributed by atoms with Crippen LogP contribution in [0.3, 0.4) is 0 Å². The number of nitro groups is 1. The van der Waals surface area contributed by atoms with Gasteiger partial charge in [-0.3, -0.25) is 18.9 Å². The van der Waals surface area contributed by atoms with E-state index in [1.54, 1.807) is 12.1 Å². The van der Waals surface area contributed by atoms with Gasteiger partial charge in [0.05, 0.1) is 16.4 Å². The number of hydrogen-bond donors (Lipinski definition) is 0. The largest absolute Gasteiger partial charge is 0.279 e. The van der Waals surface area contributed by atoms with Gasteiger partial charge in [0.25, 0.3) is 11.6 Å². The second-order valence-electron chi connectivity index (χ2n) is 7.33. The van der Waals surface area contributed by atoms with E-state index in [1.165, 1.54) is 40.4 Å². The number of carbonyl (C=O) groups is 1. The molecular formula is C23H18N4O5S2. The van der Waals surface area contributed by atoms with Crippen molar-refractivity contribution in [2.24, 2.45) is 4.99 Å². The zero-order chi connectivity index (χ0) is 24.3. The molecule has 0 N–H and O–H groups in total. The molecule has 11 heteroatoms. The van der Waals surface area contributed by atoms with E-state index in [1.807, 2.05) is 37.3 Å². The van der Waals surface area contributed by atoms with Crippen LogP contribution in [0.4, 0.5) is 5.69 Å². The lowest BCUT2D eigenvalue weighted by Gasteiger charge is -2.08. The predicted molar refractivity (Wildman–Crippen MR) is 125 cm³/mol. The molecule has 0 fully saturated rings. The maximum atomic E-state index is 13.4. The first-order valence-electron chi connectivity index (χ1n) is 10.0. The van der Waals surface area contributed by atoms with Crippen LogP contribution in [0, 0.1) is 17.0 Å². The number of nitrogens with zero attached hydrogens (tertiary/aromatic N) is 4. The third-order valence-electron chi connectivity index (χ3n) is 4.86. The summed E-state index contributed by atoms with van der Waals surface area (Å²) < 4.78 is 28.2. The van der Waals surface area contributed by atoms with Crippen LogP contribution in [0.2, 0.25) is 0 Å². The summed E-state index contributed by atoms with van der Waals surface area (Å²) in [5.41, 5.74) is 1.74. The first-order valence-corrected chi connectivity index (χ1v) is 12.3. The Hall–Kier alpha value is -3.96. The van der Waals surface area contributed by atoms with E-state index in [9.17, 15) is 23.3 Å². The van der Waals surface area contributed by atoms with E-state index in [-0.39, 0.29) is 32.6 Å². The molecule has 0 saturated carbocycles. The zero-order valence-corrected chi connectivity index (χ0v) is 19.5. The normalized spacial score (nSPS) is 12.0. The standard InChI is InChI=1S/C23H18N4O5S2/c1-16-7-13-20(14-8-16)34(31,32)23-25-22(33-26(23)15-17-5-3-2-4-6-17)24-21(28)18-9-11-19(12-10-18)27(29)30/h2-14H,15H2,1H3. The molecule has 0 aliphatic heterocycles. The summed E-state index contributed by atoms with van der Waals surface area (Å²) >= 11 is 0.941. The van der Waals surface area contributed by atoms with Gasteiger partial charge in [0.1, 0.15) is 0 Å². The molecule has 34 heavy (non-hydrogen) atoms. The van der Waals surface area contributed by atoms with Crippen molar-refractivity contribution in [3.05, 3.63) is 110 Å². The van der Waals surface area contributed by atoms with Crippen molar-refractivity contribution in [2.45, 2.75) is 23.5 Å². The van der Waals surface area contributed by atoms with E-state index in [0.717, 1.165) is 22.7 Å². The Kier molecular flexibility index (Phi) is 6.48. The van der Waals surface area contributed by atoms with Gasteiger partial charge in [-0.2, -0.15) is 9.98 Å². The number of sulfone groups is 1. The van der Waals surface area contributed by atoms with Gasteiger partial charge >= 0.3 is 0 Å². The average molecular weight is 495 g/mol. The first kappa shape index (κ1) is 23.2. The summed E-state index contributed by atoms with van der Waals surface area (Å²) in [5, 5.41) is 10.6. The van der Waals surface area contributed by atoms with E-state index >= 15 is 0 Å². The van der Waals surface area contributed by atoms with Crippen molar-refractivity contribution in [2.75, 3.05) is 0 Å². The molecule has 0 spiro atoms. The molecule has 0 aliphatic carbocycles. The molecule has 1 heterocycles.